The zero-order chi connectivity index (χ0) is 15.5. The summed E-state index contributed by atoms with van der Waals surface area (Å²) in [5.74, 6) is -2.52. The number of rotatable bonds is 3. The Bertz CT molecular complexity index is 685. The second-order valence-corrected chi connectivity index (χ2v) is 6.55. The quantitative estimate of drug-likeness (QED) is 0.858. The molecule has 1 aromatic rings. The van der Waals surface area contributed by atoms with Crippen LogP contribution in [0.15, 0.2) is 42.5 Å². The van der Waals surface area contributed by atoms with Crippen LogP contribution in [0.2, 0.25) is 0 Å². The van der Waals surface area contributed by atoms with E-state index in [0.29, 0.717) is 13.1 Å². The zero-order valence-electron chi connectivity index (χ0n) is 12.2. The molecule has 3 heterocycles. The van der Waals surface area contributed by atoms with Gasteiger partial charge in [-0.15, -0.1) is 0 Å². The highest BCUT2D eigenvalue weighted by Crippen LogP contribution is 2.57. The fourth-order valence-electron chi connectivity index (χ4n) is 4.16. The molecule has 1 amide bonds. The third-order valence-electron chi connectivity index (χ3n) is 5.08. The molecule has 5 nitrogen and oxygen atoms in total. The van der Waals surface area contributed by atoms with E-state index < -0.39 is 29.0 Å². The van der Waals surface area contributed by atoms with E-state index in [9.17, 15) is 14.7 Å². The molecule has 4 rings (SSSR count). The van der Waals surface area contributed by atoms with Crippen molar-refractivity contribution in [3.8, 4) is 0 Å². The summed E-state index contributed by atoms with van der Waals surface area (Å²) in [6, 6.07) is 9.71. The molecule has 22 heavy (non-hydrogen) atoms. The lowest BCUT2D eigenvalue weighted by Crippen LogP contribution is -2.43. The molecule has 0 unspecified atom stereocenters. The molecular weight excluding hydrogens is 282 g/mol. The Hall–Kier alpha value is -2.14. The van der Waals surface area contributed by atoms with E-state index in [1.807, 2.05) is 42.5 Å². The van der Waals surface area contributed by atoms with Crippen molar-refractivity contribution in [2.24, 2.45) is 11.8 Å². The SMILES string of the molecule is C[C@@]12C=C[C@@]3(CN(Cc4ccccc4)C(=O)[C@H]3[C@@H]1C(=O)O)O2. The number of carboxylic acid groups (broad SMARTS) is 1. The fourth-order valence-corrected chi connectivity index (χ4v) is 4.16. The third-order valence-corrected chi connectivity index (χ3v) is 5.08. The number of carboxylic acids is 1. The molecule has 0 aromatic heterocycles. The maximum absolute atomic E-state index is 12.8. The molecule has 2 fully saturated rings. The molecule has 4 atom stereocenters. The van der Waals surface area contributed by atoms with Gasteiger partial charge in [-0.2, -0.15) is 0 Å². The fraction of sp³-hybridized carbons (Fsp3) is 0.412. The minimum Gasteiger partial charge on any atom is -0.481 e. The molecule has 0 saturated carbocycles. The van der Waals surface area contributed by atoms with Crippen molar-refractivity contribution < 1.29 is 19.4 Å². The van der Waals surface area contributed by atoms with Crippen molar-refractivity contribution in [3.63, 3.8) is 0 Å². The number of aliphatic carboxylic acids is 1. The summed E-state index contributed by atoms with van der Waals surface area (Å²) in [4.78, 5) is 26.2. The number of benzene rings is 1. The van der Waals surface area contributed by atoms with Gasteiger partial charge in [0.15, 0.2) is 0 Å². The van der Waals surface area contributed by atoms with Gasteiger partial charge in [-0.25, -0.2) is 0 Å². The lowest BCUT2D eigenvalue weighted by Gasteiger charge is -2.27. The van der Waals surface area contributed by atoms with E-state index in [-0.39, 0.29) is 5.91 Å². The molecule has 0 radical (unpaired) electrons. The average Bonchev–Trinajstić information content (AvgIpc) is 3.03. The van der Waals surface area contributed by atoms with E-state index in [4.69, 9.17) is 4.74 Å². The van der Waals surface area contributed by atoms with Gasteiger partial charge in [0.25, 0.3) is 0 Å². The van der Waals surface area contributed by atoms with Gasteiger partial charge >= 0.3 is 5.97 Å². The molecule has 2 saturated heterocycles. The highest BCUT2D eigenvalue weighted by Gasteiger charge is 2.71. The number of carbonyl (C=O) groups is 2. The zero-order valence-corrected chi connectivity index (χ0v) is 12.2. The van der Waals surface area contributed by atoms with Gasteiger partial charge in [-0.1, -0.05) is 42.5 Å². The number of nitrogens with zero attached hydrogens (tertiary/aromatic N) is 1. The summed E-state index contributed by atoms with van der Waals surface area (Å²) >= 11 is 0. The largest absolute Gasteiger partial charge is 0.481 e. The van der Waals surface area contributed by atoms with Crippen LogP contribution in [0.4, 0.5) is 0 Å². The van der Waals surface area contributed by atoms with Crippen molar-refractivity contribution in [3.05, 3.63) is 48.0 Å². The summed E-state index contributed by atoms with van der Waals surface area (Å²) < 4.78 is 6.03. The molecule has 114 valence electrons. The average molecular weight is 299 g/mol. The number of hydrogen-bond acceptors (Lipinski definition) is 3. The van der Waals surface area contributed by atoms with Crippen LogP contribution in [-0.2, 0) is 20.9 Å². The van der Waals surface area contributed by atoms with Crippen LogP contribution in [0.3, 0.4) is 0 Å². The van der Waals surface area contributed by atoms with Gasteiger partial charge in [0, 0.05) is 6.54 Å². The number of hydrogen-bond donors (Lipinski definition) is 1. The monoisotopic (exact) mass is 299 g/mol. The predicted octanol–water partition coefficient (Wildman–Crippen LogP) is 1.44. The van der Waals surface area contributed by atoms with Gasteiger partial charge < -0.3 is 14.7 Å². The third kappa shape index (κ3) is 1.63. The van der Waals surface area contributed by atoms with Crippen molar-refractivity contribution in [2.75, 3.05) is 6.54 Å². The molecule has 3 aliphatic heterocycles. The molecule has 0 aliphatic carbocycles. The number of likely N-dealkylation sites (tertiary alicyclic amines) is 1. The molecule has 1 aromatic carbocycles. The maximum Gasteiger partial charge on any atom is 0.310 e. The number of amides is 1. The topological polar surface area (TPSA) is 66.8 Å². The summed E-state index contributed by atoms with van der Waals surface area (Å²) in [5, 5.41) is 9.55. The van der Waals surface area contributed by atoms with E-state index in [1.165, 1.54) is 0 Å². The Labute approximate surface area is 128 Å². The van der Waals surface area contributed by atoms with Crippen LogP contribution in [0.25, 0.3) is 0 Å². The number of fused-ring (bicyclic) bond motifs is 1. The van der Waals surface area contributed by atoms with Crippen LogP contribution in [0, 0.1) is 11.8 Å². The van der Waals surface area contributed by atoms with Crippen LogP contribution < -0.4 is 0 Å². The van der Waals surface area contributed by atoms with Crippen molar-refractivity contribution in [2.45, 2.75) is 24.7 Å². The standard InChI is InChI=1S/C17H17NO4/c1-16-7-8-17(22-16)10-18(9-11-5-3-2-4-6-11)14(19)12(17)13(16)15(20)21/h2-8,12-13H,9-10H2,1H3,(H,20,21)/t12-,13-,16-,17+/m1/s1. The first-order valence-corrected chi connectivity index (χ1v) is 7.41. The van der Waals surface area contributed by atoms with Crippen LogP contribution in [-0.4, -0.2) is 39.6 Å². The smallest absolute Gasteiger partial charge is 0.310 e. The minimum atomic E-state index is -0.964. The number of carbonyl (C=O) groups excluding carboxylic acids is 1. The van der Waals surface area contributed by atoms with Crippen molar-refractivity contribution in [1.82, 2.24) is 4.90 Å². The highest BCUT2D eigenvalue weighted by atomic mass is 16.5. The summed E-state index contributed by atoms with van der Waals surface area (Å²) in [6.45, 7) is 2.66. The van der Waals surface area contributed by atoms with Crippen molar-refractivity contribution >= 4 is 11.9 Å². The molecule has 1 N–H and O–H groups in total. The predicted molar refractivity (Wildman–Crippen MR) is 77.8 cm³/mol. The second-order valence-electron chi connectivity index (χ2n) is 6.55. The summed E-state index contributed by atoms with van der Waals surface area (Å²) in [5.41, 5.74) is -0.613. The van der Waals surface area contributed by atoms with E-state index >= 15 is 0 Å². The van der Waals surface area contributed by atoms with Gasteiger partial charge in [0.05, 0.1) is 18.1 Å². The first kappa shape index (κ1) is 13.5. The first-order valence-electron chi connectivity index (χ1n) is 7.41. The van der Waals surface area contributed by atoms with Crippen LogP contribution >= 0.6 is 0 Å². The van der Waals surface area contributed by atoms with E-state index in [1.54, 1.807) is 11.8 Å². The number of ether oxygens (including phenoxy) is 1. The molecule has 5 heteroatoms. The van der Waals surface area contributed by atoms with E-state index in [2.05, 4.69) is 0 Å². The summed E-state index contributed by atoms with van der Waals surface area (Å²) in [7, 11) is 0. The molecule has 2 bridgehead atoms. The van der Waals surface area contributed by atoms with Gasteiger partial charge in [-0.05, 0) is 12.5 Å². The Morgan fingerprint density at radius 2 is 2.09 bits per heavy atom. The highest BCUT2D eigenvalue weighted by molar-refractivity contribution is 5.91. The van der Waals surface area contributed by atoms with Crippen molar-refractivity contribution in [1.29, 1.82) is 0 Å². The Balaban J connectivity index is 1.66. The van der Waals surface area contributed by atoms with Gasteiger partial charge in [0.1, 0.15) is 11.5 Å². The van der Waals surface area contributed by atoms with Gasteiger partial charge in [-0.3, -0.25) is 9.59 Å². The second kappa shape index (κ2) is 4.20. The first-order chi connectivity index (χ1) is 10.5. The van der Waals surface area contributed by atoms with Crippen LogP contribution in [0.1, 0.15) is 12.5 Å². The normalized spacial score (nSPS) is 38.6. The Kier molecular flexibility index (Phi) is 2.58. The Morgan fingerprint density at radius 1 is 1.36 bits per heavy atom. The van der Waals surface area contributed by atoms with Gasteiger partial charge in [0.2, 0.25) is 5.91 Å². The lowest BCUT2D eigenvalue weighted by atomic mass is 9.72. The maximum atomic E-state index is 12.8. The minimum absolute atomic E-state index is 0.121. The Morgan fingerprint density at radius 3 is 2.77 bits per heavy atom. The molecule has 3 aliphatic rings. The molecular formula is C17H17NO4. The van der Waals surface area contributed by atoms with Crippen LogP contribution in [0.5, 0.6) is 0 Å². The molecule has 1 spiro atoms. The summed E-state index contributed by atoms with van der Waals surface area (Å²) in [6.07, 6.45) is 3.70. The lowest BCUT2D eigenvalue weighted by molar-refractivity contribution is -0.151. The van der Waals surface area contributed by atoms with E-state index in [0.717, 1.165) is 5.56 Å².